The zero-order valence-electron chi connectivity index (χ0n) is 26.0. The van der Waals surface area contributed by atoms with Crippen LogP contribution in [0.25, 0.3) is 0 Å². The molecule has 1 aliphatic heterocycles. The van der Waals surface area contributed by atoms with Crippen molar-refractivity contribution in [3.63, 3.8) is 0 Å². The lowest BCUT2D eigenvalue weighted by Crippen LogP contribution is -2.32. The minimum atomic E-state index is -0.349. The molecule has 4 aromatic carbocycles. The van der Waals surface area contributed by atoms with E-state index in [0.717, 1.165) is 37.0 Å². The molecular weight excluding hydrogens is 616 g/mol. The number of hydrogen-bond donors (Lipinski definition) is 2. The van der Waals surface area contributed by atoms with Gasteiger partial charge >= 0.3 is 0 Å². The average molecular weight is 651 g/mol. The Morgan fingerprint density at radius 3 is 2.15 bits per heavy atom. The molecule has 2 aliphatic rings. The molecule has 0 bridgehead atoms. The molecule has 2 N–H and O–H groups in total. The zero-order chi connectivity index (χ0) is 32.8. The third kappa shape index (κ3) is 7.81. The summed E-state index contributed by atoms with van der Waals surface area (Å²) in [6.45, 7) is 0.488. The van der Waals surface area contributed by atoms with Gasteiger partial charge in [0, 0.05) is 45.2 Å². The zero-order valence-corrected chi connectivity index (χ0v) is 26.8. The monoisotopic (exact) mass is 650 g/mol. The fourth-order valence-electron chi connectivity index (χ4n) is 5.72. The molecule has 1 fully saturated rings. The van der Waals surface area contributed by atoms with Crippen LogP contribution >= 0.6 is 11.6 Å². The van der Waals surface area contributed by atoms with E-state index in [1.54, 1.807) is 79.9 Å². The number of anilines is 2. The number of carbonyl (C=O) groups excluding carboxylic acids is 3. The van der Waals surface area contributed by atoms with Crippen LogP contribution in [-0.4, -0.2) is 48.2 Å². The summed E-state index contributed by atoms with van der Waals surface area (Å²) in [4.78, 5) is 39.1. The molecule has 1 aliphatic carbocycles. The van der Waals surface area contributed by atoms with Crippen molar-refractivity contribution >= 4 is 46.4 Å². The van der Waals surface area contributed by atoms with Gasteiger partial charge in [0.2, 0.25) is 0 Å². The standard InChI is InChI=1S/C37H35ClN4O5/c1-46-33-20-15-26(23-34(33)47-31-8-2-3-9-31)32-10-5-21-42(41-32)37(45)27-6-4-7-30(22-27)40-36(44)25-13-18-29(19-14-25)39-35(43)24-11-16-28(38)17-12-24/h4,6-7,11-20,22-23,31H,2-3,5,8-10,21H2,1H3,(H,39,43)(H,40,44). The molecule has 1 saturated carbocycles. The Labute approximate surface area is 278 Å². The van der Waals surface area contributed by atoms with Crippen LogP contribution in [0.15, 0.2) is 96.1 Å². The number of halogens is 1. The van der Waals surface area contributed by atoms with E-state index < -0.39 is 0 Å². The second-order valence-electron chi connectivity index (χ2n) is 11.5. The summed E-state index contributed by atoms with van der Waals surface area (Å²) in [5, 5.41) is 12.4. The Hall–Kier alpha value is -5.15. The van der Waals surface area contributed by atoms with Crippen molar-refractivity contribution in [2.24, 2.45) is 5.10 Å². The fourth-order valence-corrected chi connectivity index (χ4v) is 5.84. The quantitative estimate of drug-likeness (QED) is 0.192. The summed E-state index contributed by atoms with van der Waals surface area (Å²) >= 11 is 5.90. The van der Waals surface area contributed by atoms with Crippen molar-refractivity contribution in [1.29, 1.82) is 0 Å². The number of hydrogen-bond acceptors (Lipinski definition) is 6. The topological polar surface area (TPSA) is 109 Å². The molecule has 240 valence electrons. The van der Waals surface area contributed by atoms with Crippen molar-refractivity contribution in [2.75, 3.05) is 24.3 Å². The number of amides is 3. The summed E-state index contributed by atoms with van der Waals surface area (Å²) in [6, 6.07) is 25.7. The van der Waals surface area contributed by atoms with Crippen LogP contribution in [-0.2, 0) is 0 Å². The Morgan fingerprint density at radius 1 is 0.766 bits per heavy atom. The van der Waals surface area contributed by atoms with Gasteiger partial charge in [-0.05, 0) is 123 Å². The van der Waals surface area contributed by atoms with Crippen molar-refractivity contribution in [2.45, 2.75) is 44.6 Å². The maximum absolute atomic E-state index is 13.5. The van der Waals surface area contributed by atoms with E-state index in [2.05, 4.69) is 10.6 Å². The number of nitrogens with one attached hydrogen (secondary N) is 2. The van der Waals surface area contributed by atoms with Gasteiger partial charge in [0.1, 0.15) is 0 Å². The maximum atomic E-state index is 13.5. The van der Waals surface area contributed by atoms with E-state index in [4.69, 9.17) is 26.2 Å². The Bertz CT molecular complexity index is 1800. The molecule has 6 rings (SSSR count). The highest BCUT2D eigenvalue weighted by Crippen LogP contribution is 2.33. The van der Waals surface area contributed by atoms with E-state index in [0.29, 0.717) is 51.1 Å². The number of carbonyl (C=O) groups is 3. The van der Waals surface area contributed by atoms with E-state index in [1.165, 1.54) is 17.9 Å². The molecule has 9 nitrogen and oxygen atoms in total. The average Bonchev–Trinajstić information content (AvgIpc) is 3.62. The molecule has 10 heteroatoms. The summed E-state index contributed by atoms with van der Waals surface area (Å²) < 4.78 is 11.8. The Kier molecular flexibility index (Phi) is 9.83. The molecule has 1 heterocycles. The molecule has 0 radical (unpaired) electrons. The number of rotatable bonds is 9. The largest absolute Gasteiger partial charge is 0.493 e. The second kappa shape index (κ2) is 14.5. The summed E-state index contributed by atoms with van der Waals surface area (Å²) in [6.07, 6.45) is 6.09. The smallest absolute Gasteiger partial charge is 0.274 e. The predicted octanol–water partition coefficient (Wildman–Crippen LogP) is 7.81. The second-order valence-corrected chi connectivity index (χ2v) is 12.0. The molecule has 0 atom stereocenters. The van der Waals surface area contributed by atoms with Crippen LogP contribution in [0.4, 0.5) is 11.4 Å². The highest BCUT2D eigenvalue weighted by molar-refractivity contribution is 6.30. The normalized spacial score (nSPS) is 14.7. The molecule has 0 aromatic heterocycles. The first kappa shape index (κ1) is 31.8. The van der Waals surface area contributed by atoms with Crippen molar-refractivity contribution in [1.82, 2.24) is 5.01 Å². The van der Waals surface area contributed by atoms with Gasteiger partial charge in [-0.15, -0.1) is 0 Å². The lowest BCUT2D eigenvalue weighted by Gasteiger charge is -2.24. The number of nitrogens with zero attached hydrogens (tertiary/aromatic N) is 2. The minimum Gasteiger partial charge on any atom is -0.493 e. The van der Waals surface area contributed by atoms with Crippen LogP contribution in [0.3, 0.4) is 0 Å². The van der Waals surface area contributed by atoms with Crippen LogP contribution in [0.5, 0.6) is 11.5 Å². The van der Waals surface area contributed by atoms with E-state index in [9.17, 15) is 14.4 Å². The van der Waals surface area contributed by atoms with Crippen molar-refractivity contribution in [3.8, 4) is 11.5 Å². The van der Waals surface area contributed by atoms with E-state index >= 15 is 0 Å². The SMILES string of the molecule is COc1ccc(C2=NN(C(=O)c3cccc(NC(=O)c4ccc(NC(=O)c5ccc(Cl)cc5)cc4)c3)CCC2)cc1OC1CCCC1. The van der Waals surface area contributed by atoms with Gasteiger partial charge in [-0.3, -0.25) is 14.4 Å². The first-order valence-corrected chi connectivity index (χ1v) is 16.1. The highest BCUT2D eigenvalue weighted by Gasteiger charge is 2.23. The number of methoxy groups -OCH3 is 1. The number of hydrazone groups is 1. The summed E-state index contributed by atoms with van der Waals surface area (Å²) in [5.41, 5.74) is 4.00. The molecule has 0 saturated heterocycles. The molecule has 4 aromatic rings. The van der Waals surface area contributed by atoms with Gasteiger partial charge in [0.25, 0.3) is 17.7 Å². The van der Waals surface area contributed by atoms with Gasteiger partial charge in [0.05, 0.1) is 18.9 Å². The molecular formula is C37H35ClN4O5. The Balaban J connectivity index is 1.10. The van der Waals surface area contributed by atoms with Gasteiger partial charge < -0.3 is 20.1 Å². The first-order chi connectivity index (χ1) is 22.9. The summed E-state index contributed by atoms with van der Waals surface area (Å²) in [5.74, 6) is 0.491. The summed E-state index contributed by atoms with van der Waals surface area (Å²) in [7, 11) is 1.63. The Morgan fingerprint density at radius 2 is 1.45 bits per heavy atom. The third-order valence-corrected chi connectivity index (χ3v) is 8.48. The molecule has 0 spiro atoms. The van der Waals surface area contributed by atoms with Gasteiger partial charge in [-0.25, -0.2) is 5.01 Å². The van der Waals surface area contributed by atoms with E-state index in [-0.39, 0.29) is 23.8 Å². The van der Waals surface area contributed by atoms with Gasteiger partial charge in [-0.2, -0.15) is 5.10 Å². The van der Waals surface area contributed by atoms with Crippen LogP contribution < -0.4 is 20.1 Å². The van der Waals surface area contributed by atoms with Crippen molar-refractivity contribution in [3.05, 3.63) is 118 Å². The number of ether oxygens (including phenoxy) is 2. The maximum Gasteiger partial charge on any atom is 0.274 e. The van der Waals surface area contributed by atoms with Crippen LogP contribution in [0.2, 0.25) is 5.02 Å². The fraction of sp³-hybridized carbons (Fsp3) is 0.243. The van der Waals surface area contributed by atoms with E-state index in [1.807, 2.05) is 18.2 Å². The highest BCUT2D eigenvalue weighted by atomic mass is 35.5. The molecule has 3 amide bonds. The number of benzene rings is 4. The predicted molar refractivity (Wildman–Crippen MR) is 183 cm³/mol. The lowest BCUT2D eigenvalue weighted by molar-refractivity contribution is 0.0751. The minimum absolute atomic E-state index is 0.186. The molecule has 47 heavy (non-hydrogen) atoms. The van der Waals surface area contributed by atoms with Crippen LogP contribution in [0, 0.1) is 0 Å². The van der Waals surface area contributed by atoms with Crippen molar-refractivity contribution < 1.29 is 23.9 Å². The van der Waals surface area contributed by atoms with Crippen LogP contribution in [0.1, 0.15) is 75.2 Å². The molecule has 0 unspecified atom stereocenters. The third-order valence-electron chi connectivity index (χ3n) is 8.23. The van der Waals surface area contributed by atoms with Gasteiger partial charge in [-0.1, -0.05) is 17.7 Å². The lowest BCUT2D eigenvalue weighted by atomic mass is 10.0. The van der Waals surface area contributed by atoms with Gasteiger partial charge in [0.15, 0.2) is 11.5 Å². The first-order valence-electron chi connectivity index (χ1n) is 15.7.